The number of allylic oxidation sites excluding steroid dienone is 1. The van der Waals surface area contributed by atoms with Crippen LogP contribution in [0.5, 0.6) is 0 Å². The Morgan fingerprint density at radius 3 is 2.61 bits per heavy atom. The van der Waals surface area contributed by atoms with Crippen LogP contribution >= 0.6 is 12.6 Å². The number of ether oxygens (including phenoxy) is 1. The van der Waals surface area contributed by atoms with Gasteiger partial charge >= 0.3 is 6.18 Å². The summed E-state index contributed by atoms with van der Waals surface area (Å²) in [4.78, 5) is 12.7. The van der Waals surface area contributed by atoms with Crippen LogP contribution in [-0.2, 0) is 15.7 Å². The number of nitrogens with one attached hydrogen (secondary N) is 1. The van der Waals surface area contributed by atoms with Crippen molar-refractivity contribution in [1.82, 2.24) is 5.32 Å². The first-order chi connectivity index (χ1) is 10.7. The van der Waals surface area contributed by atoms with Gasteiger partial charge < -0.3 is 4.74 Å². The molecule has 126 valence electrons. The van der Waals surface area contributed by atoms with E-state index in [2.05, 4.69) is 17.9 Å². The van der Waals surface area contributed by atoms with E-state index in [1.165, 1.54) is 12.1 Å². The predicted molar refractivity (Wildman–Crippen MR) is 85.0 cm³/mol. The standard InChI is InChI=1S/C16H18F3NO2S/c1-3-12-13(14(21)15(2,22-12)20-7-8-23)10-5-4-6-11(9-10)16(17,18)19/h4-6,9,20,23H,3,7-8H2,1-2H3. The van der Waals surface area contributed by atoms with Crippen molar-refractivity contribution in [2.24, 2.45) is 0 Å². The number of carbonyl (C=O) groups is 1. The van der Waals surface area contributed by atoms with Crippen molar-refractivity contribution in [3.8, 4) is 0 Å². The summed E-state index contributed by atoms with van der Waals surface area (Å²) in [7, 11) is 0. The van der Waals surface area contributed by atoms with Crippen molar-refractivity contribution in [3.05, 3.63) is 41.2 Å². The highest BCUT2D eigenvalue weighted by atomic mass is 32.1. The molecule has 7 heteroatoms. The number of Topliss-reactive ketones (excluding diaryl/α,β-unsaturated/α-hetero) is 1. The van der Waals surface area contributed by atoms with Crippen molar-refractivity contribution in [2.75, 3.05) is 12.3 Å². The number of ketones is 1. The summed E-state index contributed by atoms with van der Waals surface area (Å²) >= 11 is 4.08. The van der Waals surface area contributed by atoms with Crippen LogP contribution in [0.4, 0.5) is 13.2 Å². The molecule has 0 saturated heterocycles. The molecule has 23 heavy (non-hydrogen) atoms. The van der Waals surface area contributed by atoms with Gasteiger partial charge in [-0.2, -0.15) is 25.8 Å². The van der Waals surface area contributed by atoms with Crippen LogP contribution in [-0.4, -0.2) is 23.8 Å². The fraction of sp³-hybridized carbons (Fsp3) is 0.438. The summed E-state index contributed by atoms with van der Waals surface area (Å²) in [5.74, 6) is 0.533. The van der Waals surface area contributed by atoms with E-state index in [1.54, 1.807) is 13.8 Å². The van der Waals surface area contributed by atoms with Gasteiger partial charge in [-0.3, -0.25) is 10.1 Å². The van der Waals surface area contributed by atoms with Crippen LogP contribution in [0.15, 0.2) is 30.0 Å². The van der Waals surface area contributed by atoms with E-state index >= 15 is 0 Å². The van der Waals surface area contributed by atoms with Crippen molar-refractivity contribution in [1.29, 1.82) is 0 Å². The molecule has 1 atom stereocenters. The Bertz CT molecular complexity index is 642. The maximum atomic E-state index is 12.9. The molecule has 1 aliphatic heterocycles. The average molecular weight is 345 g/mol. The lowest BCUT2D eigenvalue weighted by atomic mass is 9.95. The Kier molecular flexibility index (Phi) is 5.10. The zero-order valence-corrected chi connectivity index (χ0v) is 13.7. The second kappa shape index (κ2) is 6.57. The molecule has 0 amide bonds. The number of alkyl halides is 3. The van der Waals surface area contributed by atoms with Gasteiger partial charge in [0.05, 0.1) is 11.1 Å². The number of halogens is 3. The topological polar surface area (TPSA) is 38.3 Å². The molecule has 1 N–H and O–H groups in total. The van der Waals surface area contributed by atoms with E-state index in [4.69, 9.17) is 4.74 Å². The highest BCUT2D eigenvalue weighted by Crippen LogP contribution is 2.38. The maximum Gasteiger partial charge on any atom is 0.416 e. The van der Waals surface area contributed by atoms with Crippen molar-refractivity contribution in [3.63, 3.8) is 0 Å². The summed E-state index contributed by atoms with van der Waals surface area (Å²) in [5.41, 5.74) is -1.63. The van der Waals surface area contributed by atoms with Gasteiger partial charge in [-0.1, -0.05) is 19.1 Å². The van der Waals surface area contributed by atoms with Gasteiger partial charge in [0.25, 0.3) is 0 Å². The first-order valence-corrected chi connectivity index (χ1v) is 7.86. The molecule has 1 aromatic carbocycles. The summed E-state index contributed by atoms with van der Waals surface area (Å²) in [6.07, 6.45) is -4.05. The molecule has 0 bridgehead atoms. The Labute approximate surface area is 138 Å². The molecule has 0 radical (unpaired) electrons. The van der Waals surface area contributed by atoms with Gasteiger partial charge in [0.1, 0.15) is 5.76 Å². The summed E-state index contributed by atoms with van der Waals surface area (Å²) in [6, 6.07) is 4.75. The lowest BCUT2D eigenvalue weighted by Crippen LogP contribution is -2.49. The zero-order chi connectivity index (χ0) is 17.3. The Balaban J connectivity index is 2.43. The summed E-state index contributed by atoms with van der Waals surface area (Å²) in [6.45, 7) is 3.81. The molecule has 0 spiro atoms. The minimum atomic E-state index is -4.46. The lowest BCUT2D eigenvalue weighted by molar-refractivity contribution is -0.137. The molecule has 1 heterocycles. The number of carbonyl (C=O) groups excluding carboxylic acids is 1. The van der Waals surface area contributed by atoms with Crippen LogP contribution in [0, 0.1) is 0 Å². The third kappa shape index (κ3) is 3.55. The molecule has 1 unspecified atom stereocenters. The number of rotatable bonds is 5. The van der Waals surface area contributed by atoms with Gasteiger partial charge in [-0.25, -0.2) is 0 Å². The number of benzene rings is 1. The normalized spacial score (nSPS) is 21.7. The smallest absolute Gasteiger partial charge is 0.416 e. The summed E-state index contributed by atoms with van der Waals surface area (Å²) in [5, 5.41) is 2.95. The van der Waals surface area contributed by atoms with Crippen molar-refractivity contribution >= 4 is 24.0 Å². The van der Waals surface area contributed by atoms with Crippen LogP contribution in [0.2, 0.25) is 0 Å². The van der Waals surface area contributed by atoms with Gasteiger partial charge in [-0.15, -0.1) is 0 Å². The minimum Gasteiger partial charge on any atom is -0.469 e. The largest absolute Gasteiger partial charge is 0.469 e. The van der Waals surface area contributed by atoms with Gasteiger partial charge in [0.15, 0.2) is 0 Å². The Hall–Kier alpha value is -1.47. The molecule has 0 aliphatic carbocycles. The quantitative estimate of drug-likeness (QED) is 0.800. The predicted octanol–water partition coefficient (Wildman–Crippen LogP) is 3.66. The number of thiol groups is 1. The first-order valence-electron chi connectivity index (χ1n) is 7.23. The molecular weight excluding hydrogens is 327 g/mol. The SMILES string of the molecule is CCC1=C(c2cccc(C(F)(F)F)c2)C(=O)C(C)(NCCS)O1. The van der Waals surface area contributed by atoms with Gasteiger partial charge in [0, 0.05) is 18.7 Å². The van der Waals surface area contributed by atoms with E-state index in [1.807, 2.05) is 0 Å². The van der Waals surface area contributed by atoms with Crippen molar-refractivity contribution in [2.45, 2.75) is 32.2 Å². The Morgan fingerprint density at radius 1 is 1.35 bits per heavy atom. The van der Waals surface area contributed by atoms with Gasteiger partial charge in [0.2, 0.25) is 11.5 Å². The van der Waals surface area contributed by atoms with Crippen LogP contribution in [0.25, 0.3) is 5.57 Å². The van der Waals surface area contributed by atoms with E-state index < -0.39 is 17.5 Å². The molecule has 0 saturated carbocycles. The minimum absolute atomic E-state index is 0.202. The molecule has 0 aromatic heterocycles. The fourth-order valence-corrected chi connectivity index (χ4v) is 2.62. The van der Waals surface area contributed by atoms with E-state index in [0.717, 1.165) is 12.1 Å². The average Bonchev–Trinajstić information content (AvgIpc) is 2.76. The third-order valence-corrected chi connectivity index (χ3v) is 3.86. The van der Waals surface area contributed by atoms with Crippen LogP contribution in [0.3, 0.4) is 0 Å². The highest BCUT2D eigenvalue weighted by Gasteiger charge is 2.45. The first kappa shape index (κ1) is 17.9. The highest BCUT2D eigenvalue weighted by molar-refractivity contribution is 7.80. The van der Waals surface area contributed by atoms with E-state index in [9.17, 15) is 18.0 Å². The number of hydrogen-bond acceptors (Lipinski definition) is 4. The second-order valence-electron chi connectivity index (χ2n) is 5.35. The van der Waals surface area contributed by atoms with E-state index in [-0.39, 0.29) is 16.9 Å². The zero-order valence-electron chi connectivity index (χ0n) is 12.8. The lowest BCUT2D eigenvalue weighted by Gasteiger charge is -2.24. The maximum absolute atomic E-state index is 12.9. The van der Waals surface area contributed by atoms with E-state index in [0.29, 0.717) is 24.5 Å². The van der Waals surface area contributed by atoms with Crippen molar-refractivity contribution < 1.29 is 22.7 Å². The molecule has 2 rings (SSSR count). The molecule has 1 aromatic rings. The van der Waals surface area contributed by atoms with Crippen LogP contribution < -0.4 is 5.32 Å². The molecule has 3 nitrogen and oxygen atoms in total. The number of hydrogen-bond donors (Lipinski definition) is 2. The second-order valence-corrected chi connectivity index (χ2v) is 5.79. The molecular formula is C16H18F3NO2S. The monoisotopic (exact) mass is 345 g/mol. The Morgan fingerprint density at radius 2 is 2.04 bits per heavy atom. The molecule has 1 aliphatic rings. The van der Waals surface area contributed by atoms with Gasteiger partial charge in [-0.05, 0) is 24.6 Å². The molecule has 0 fully saturated rings. The fourth-order valence-electron chi connectivity index (χ4n) is 2.51. The third-order valence-electron chi connectivity index (χ3n) is 3.64. The van der Waals surface area contributed by atoms with Crippen LogP contribution in [0.1, 0.15) is 31.4 Å². The summed E-state index contributed by atoms with van der Waals surface area (Å²) < 4.78 is 44.4.